The standard InChI is InChI=1S/C17H22N6O/c1-12-18-10-13(11-22(2)3)16(20-12)15-7-5-9-23(15)17(24)14-6-4-8-19-21-14/h4,6,8,10,15H,5,7,9,11H2,1-3H3. The van der Waals surface area contributed by atoms with Gasteiger partial charge < -0.3 is 9.80 Å². The smallest absolute Gasteiger partial charge is 0.274 e. The Morgan fingerprint density at radius 3 is 2.96 bits per heavy atom. The highest BCUT2D eigenvalue weighted by Gasteiger charge is 2.33. The molecule has 3 rings (SSSR count). The Morgan fingerprint density at radius 2 is 2.25 bits per heavy atom. The van der Waals surface area contributed by atoms with Crippen molar-refractivity contribution >= 4 is 5.91 Å². The minimum absolute atomic E-state index is 0.0313. The third-order valence-corrected chi connectivity index (χ3v) is 4.13. The van der Waals surface area contributed by atoms with Crippen molar-refractivity contribution in [1.82, 2.24) is 30.0 Å². The van der Waals surface area contributed by atoms with E-state index in [1.165, 1.54) is 0 Å². The van der Waals surface area contributed by atoms with Crippen molar-refractivity contribution in [3.63, 3.8) is 0 Å². The van der Waals surface area contributed by atoms with Gasteiger partial charge in [-0.1, -0.05) is 0 Å². The van der Waals surface area contributed by atoms with Gasteiger partial charge in [0.05, 0.1) is 11.7 Å². The quantitative estimate of drug-likeness (QED) is 0.850. The van der Waals surface area contributed by atoms with Gasteiger partial charge in [0.25, 0.3) is 5.91 Å². The molecule has 1 aliphatic rings. The average molecular weight is 326 g/mol. The van der Waals surface area contributed by atoms with E-state index in [4.69, 9.17) is 0 Å². The van der Waals surface area contributed by atoms with E-state index in [9.17, 15) is 4.79 Å². The van der Waals surface area contributed by atoms with Crippen molar-refractivity contribution in [3.8, 4) is 0 Å². The number of aryl methyl sites for hydroxylation is 1. The molecule has 2 aromatic heterocycles. The molecule has 2 aromatic rings. The van der Waals surface area contributed by atoms with Crippen molar-refractivity contribution in [1.29, 1.82) is 0 Å². The summed E-state index contributed by atoms with van der Waals surface area (Å²) in [6.45, 7) is 3.34. The summed E-state index contributed by atoms with van der Waals surface area (Å²) in [6.07, 6.45) is 5.31. The van der Waals surface area contributed by atoms with Gasteiger partial charge >= 0.3 is 0 Å². The molecule has 7 heteroatoms. The molecule has 3 heterocycles. The van der Waals surface area contributed by atoms with Crippen LogP contribution < -0.4 is 0 Å². The minimum Gasteiger partial charge on any atom is -0.329 e. The first-order valence-corrected chi connectivity index (χ1v) is 8.12. The van der Waals surface area contributed by atoms with E-state index in [1.807, 2.05) is 32.1 Å². The maximum absolute atomic E-state index is 12.8. The fourth-order valence-electron chi connectivity index (χ4n) is 3.12. The number of hydrogen-bond acceptors (Lipinski definition) is 6. The maximum Gasteiger partial charge on any atom is 0.274 e. The summed E-state index contributed by atoms with van der Waals surface area (Å²) in [7, 11) is 4.03. The molecule has 24 heavy (non-hydrogen) atoms. The summed E-state index contributed by atoms with van der Waals surface area (Å²) < 4.78 is 0. The zero-order valence-electron chi connectivity index (χ0n) is 14.3. The number of carbonyl (C=O) groups is 1. The highest BCUT2D eigenvalue weighted by Crippen LogP contribution is 2.33. The highest BCUT2D eigenvalue weighted by molar-refractivity contribution is 5.92. The van der Waals surface area contributed by atoms with Gasteiger partial charge in [0.2, 0.25) is 0 Å². The number of amides is 1. The first-order valence-electron chi connectivity index (χ1n) is 8.12. The van der Waals surface area contributed by atoms with Gasteiger partial charge in [0, 0.05) is 31.0 Å². The predicted molar refractivity (Wildman–Crippen MR) is 89.2 cm³/mol. The first kappa shape index (κ1) is 16.4. The summed E-state index contributed by atoms with van der Waals surface area (Å²) in [5, 5.41) is 7.77. The summed E-state index contributed by atoms with van der Waals surface area (Å²) in [5.41, 5.74) is 2.39. The molecule has 1 fully saturated rings. The maximum atomic E-state index is 12.8. The van der Waals surface area contributed by atoms with Crippen LogP contribution in [0.15, 0.2) is 24.5 Å². The van der Waals surface area contributed by atoms with Crippen LogP contribution in [0.1, 0.15) is 46.5 Å². The van der Waals surface area contributed by atoms with Gasteiger partial charge in [0.15, 0.2) is 5.69 Å². The van der Waals surface area contributed by atoms with Gasteiger partial charge in [-0.3, -0.25) is 4.79 Å². The summed E-state index contributed by atoms with van der Waals surface area (Å²) in [4.78, 5) is 25.8. The van der Waals surface area contributed by atoms with Crippen LogP contribution in [-0.4, -0.2) is 56.5 Å². The molecule has 1 saturated heterocycles. The number of aromatic nitrogens is 4. The number of nitrogens with zero attached hydrogens (tertiary/aromatic N) is 6. The molecular weight excluding hydrogens is 304 g/mol. The van der Waals surface area contributed by atoms with Crippen molar-refractivity contribution in [2.75, 3.05) is 20.6 Å². The molecule has 126 valence electrons. The molecule has 0 saturated carbocycles. The van der Waals surface area contributed by atoms with Crippen molar-refractivity contribution < 1.29 is 4.79 Å². The second-order valence-corrected chi connectivity index (χ2v) is 6.33. The predicted octanol–water partition coefficient (Wildman–Crippen LogP) is 1.61. The van der Waals surface area contributed by atoms with Crippen molar-refractivity contribution in [2.24, 2.45) is 0 Å². The third kappa shape index (κ3) is 3.41. The lowest BCUT2D eigenvalue weighted by atomic mass is 10.1. The Hall–Kier alpha value is -2.41. The minimum atomic E-state index is -0.0855. The molecule has 0 bridgehead atoms. The monoisotopic (exact) mass is 326 g/mol. The molecule has 0 spiro atoms. The Labute approximate surface area is 141 Å². The van der Waals surface area contributed by atoms with Gasteiger partial charge in [-0.05, 0) is 46.0 Å². The van der Waals surface area contributed by atoms with E-state index in [1.54, 1.807) is 18.3 Å². The van der Waals surface area contributed by atoms with Crippen LogP contribution in [0.2, 0.25) is 0 Å². The number of likely N-dealkylation sites (tertiary alicyclic amines) is 1. The third-order valence-electron chi connectivity index (χ3n) is 4.13. The van der Waals surface area contributed by atoms with Crippen LogP contribution in [0, 0.1) is 6.92 Å². The molecule has 1 aliphatic heterocycles. The zero-order valence-corrected chi connectivity index (χ0v) is 14.3. The molecule has 1 unspecified atom stereocenters. The van der Waals surface area contributed by atoms with E-state index in [2.05, 4.69) is 25.1 Å². The van der Waals surface area contributed by atoms with Gasteiger partial charge in [0.1, 0.15) is 5.82 Å². The number of carbonyl (C=O) groups excluding carboxylic acids is 1. The molecular formula is C17H22N6O. The number of rotatable bonds is 4. The first-order chi connectivity index (χ1) is 11.6. The Bertz CT molecular complexity index is 718. The average Bonchev–Trinajstić information content (AvgIpc) is 3.05. The molecule has 7 nitrogen and oxygen atoms in total. The molecule has 1 amide bonds. The highest BCUT2D eigenvalue weighted by atomic mass is 16.2. The lowest BCUT2D eigenvalue weighted by molar-refractivity contribution is 0.0724. The normalized spacial score (nSPS) is 17.5. The Balaban J connectivity index is 1.93. The van der Waals surface area contributed by atoms with Crippen molar-refractivity contribution in [3.05, 3.63) is 47.3 Å². The van der Waals surface area contributed by atoms with Crippen LogP contribution in [-0.2, 0) is 6.54 Å². The van der Waals surface area contributed by atoms with E-state index in [0.717, 1.165) is 36.5 Å². The van der Waals surface area contributed by atoms with E-state index in [-0.39, 0.29) is 11.9 Å². The van der Waals surface area contributed by atoms with Gasteiger partial charge in [-0.15, -0.1) is 5.10 Å². The van der Waals surface area contributed by atoms with Crippen LogP contribution >= 0.6 is 0 Å². The van der Waals surface area contributed by atoms with Gasteiger partial charge in [-0.2, -0.15) is 5.10 Å². The fourth-order valence-corrected chi connectivity index (χ4v) is 3.12. The van der Waals surface area contributed by atoms with E-state index < -0.39 is 0 Å². The topological polar surface area (TPSA) is 75.1 Å². The molecule has 0 radical (unpaired) electrons. The SMILES string of the molecule is Cc1ncc(CN(C)C)c(C2CCCN2C(=O)c2cccnn2)n1. The second-order valence-electron chi connectivity index (χ2n) is 6.33. The summed E-state index contributed by atoms with van der Waals surface area (Å²) in [6, 6.07) is 3.41. The second kappa shape index (κ2) is 7.00. The largest absolute Gasteiger partial charge is 0.329 e. The van der Waals surface area contributed by atoms with Crippen LogP contribution in [0.3, 0.4) is 0 Å². The zero-order chi connectivity index (χ0) is 17.1. The number of hydrogen-bond donors (Lipinski definition) is 0. The molecule has 0 N–H and O–H groups in total. The van der Waals surface area contributed by atoms with E-state index in [0.29, 0.717) is 12.2 Å². The summed E-state index contributed by atoms with van der Waals surface area (Å²) in [5.74, 6) is 0.643. The van der Waals surface area contributed by atoms with Crippen LogP contribution in [0.25, 0.3) is 0 Å². The van der Waals surface area contributed by atoms with Crippen LogP contribution in [0.4, 0.5) is 0 Å². The molecule has 0 aliphatic carbocycles. The Morgan fingerprint density at radius 1 is 1.42 bits per heavy atom. The fraction of sp³-hybridized carbons (Fsp3) is 0.471. The molecule has 0 aromatic carbocycles. The lowest BCUT2D eigenvalue weighted by Crippen LogP contribution is -2.32. The van der Waals surface area contributed by atoms with Crippen LogP contribution in [0.5, 0.6) is 0 Å². The van der Waals surface area contributed by atoms with Gasteiger partial charge in [-0.25, -0.2) is 9.97 Å². The lowest BCUT2D eigenvalue weighted by Gasteiger charge is -2.26. The molecule has 1 atom stereocenters. The Kier molecular flexibility index (Phi) is 4.80. The summed E-state index contributed by atoms with van der Waals surface area (Å²) >= 11 is 0. The van der Waals surface area contributed by atoms with Crippen molar-refractivity contribution in [2.45, 2.75) is 32.4 Å². The van der Waals surface area contributed by atoms with E-state index >= 15 is 0 Å².